The van der Waals surface area contributed by atoms with Crippen molar-refractivity contribution in [3.05, 3.63) is 85.9 Å². The van der Waals surface area contributed by atoms with Gasteiger partial charge in [-0.1, -0.05) is 22.9 Å². The van der Waals surface area contributed by atoms with E-state index in [2.05, 4.69) is 26.5 Å². The minimum absolute atomic E-state index is 0.0492. The molecule has 3 rings (SSSR count). The number of halogens is 4. The Balaban J connectivity index is 1.82. The summed E-state index contributed by atoms with van der Waals surface area (Å²) in [7, 11) is 1.45. The Morgan fingerprint density at radius 2 is 1.79 bits per heavy atom. The van der Waals surface area contributed by atoms with Crippen molar-refractivity contribution in [2.45, 2.75) is 19.5 Å². The average Bonchev–Trinajstić information content (AvgIpc) is 2.88. The molecule has 9 nitrogen and oxygen atoms in total. The molecule has 3 aromatic rings. The van der Waals surface area contributed by atoms with Crippen LogP contribution in [0.25, 0.3) is 0 Å². The number of amides is 1. The fraction of sp³-hybridized carbons (Fsp3) is 0.200. The van der Waals surface area contributed by atoms with Crippen molar-refractivity contribution >= 4 is 33.7 Å². The third-order valence-corrected chi connectivity index (χ3v) is 5.43. The van der Waals surface area contributed by atoms with E-state index >= 15 is 0 Å². The Bertz CT molecular complexity index is 1360. The predicted octanol–water partition coefficient (Wildman–Crippen LogP) is 6.73. The first-order valence-electron chi connectivity index (χ1n) is 11.0. The average molecular weight is 596 g/mol. The molecule has 0 unspecified atom stereocenters. The van der Waals surface area contributed by atoms with Crippen LogP contribution < -0.4 is 19.6 Å². The van der Waals surface area contributed by atoms with Crippen LogP contribution in [0.2, 0.25) is 0 Å². The summed E-state index contributed by atoms with van der Waals surface area (Å²) < 4.78 is 56.0. The van der Waals surface area contributed by atoms with E-state index in [9.17, 15) is 28.1 Å². The molecule has 200 valence electrons. The van der Waals surface area contributed by atoms with Gasteiger partial charge in [-0.3, -0.25) is 14.9 Å². The van der Waals surface area contributed by atoms with E-state index in [1.165, 1.54) is 31.5 Å². The molecule has 1 amide bonds. The lowest BCUT2D eigenvalue weighted by molar-refractivity contribution is -0.385. The highest BCUT2D eigenvalue weighted by molar-refractivity contribution is 9.10. The van der Waals surface area contributed by atoms with Crippen molar-refractivity contribution in [2.75, 3.05) is 13.7 Å². The highest BCUT2D eigenvalue weighted by atomic mass is 79.9. The van der Waals surface area contributed by atoms with Crippen LogP contribution in [0.1, 0.15) is 34.8 Å². The number of benzene rings is 3. The number of methoxy groups -OCH3 is 1. The lowest BCUT2D eigenvalue weighted by Crippen LogP contribution is -2.17. The molecule has 0 spiro atoms. The minimum atomic E-state index is -4.76. The van der Waals surface area contributed by atoms with Gasteiger partial charge in [-0.15, -0.1) is 0 Å². The normalized spacial score (nSPS) is 11.3. The van der Waals surface area contributed by atoms with Crippen LogP contribution in [-0.4, -0.2) is 30.8 Å². The van der Waals surface area contributed by atoms with Crippen LogP contribution in [0.15, 0.2) is 64.2 Å². The van der Waals surface area contributed by atoms with E-state index in [-0.39, 0.29) is 16.9 Å². The summed E-state index contributed by atoms with van der Waals surface area (Å²) in [6, 6.07) is 11.1. The van der Waals surface area contributed by atoms with Crippen molar-refractivity contribution in [3.63, 3.8) is 0 Å². The van der Waals surface area contributed by atoms with Gasteiger partial charge in [0.05, 0.1) is 30.4 Å². The third kappa shape index (κ3) is 7.22. The number of carbonyl (C=O) groups is 1. The number of ether oxygens (including phenoxy) is 3. The maximum Gasteiger partial charge on any atom is 0.416 e. The second-order valence-electron chi connectivity index (χ2n) is 7.63. The Morgan fingerprint density at radius 1 is 1.08 bits per heavy atom. The first-order valence-corrected chi connectivity index (χ1v) is 11.8. The Labute approximate surface area is 223 Å². The maximum absolute atomic E-state index is 13.0. The summed E-state index contributed by atoms with van der Waals surface area (Å²) in [6.45, 7) is 2.44. The molecule has 38 heavy (non-hydrogen) atoms. The number of nitro groups is 1. The number of hydrogen-bond donors (Lipinski definition) is 1. The topological polar surface area (TPSA) is 112 Å². The molecule has 0 aliphatic heterocycles. The van der Waals surface area contributed by atoms with Gasteiger partial charge in [0.25, 0.3) is 5.91 Å². The van der Waals surface area contributed by atoms with E-state index in [0.717, 1.165) is 12.5 Å². The molecule has 0 bridgehead atoms. The molecule has 0 saturated heterocycles. The molecule has 0 aromatic heterocycles. The van der Waals surface area contributed by atoms with Gasteiger partial charge in [0.15, 0.2) is 11.5 Å². The standard InChI is InChI=1S/C25H21BrF3N3O6/c1-3-10-37-22-7-4-15(12-23(22)36-2)24(33)31-30-14-16-11-18(26)6-9-20(16)38-21-8-5-17(25(27,28)29)13-19(21)32(34)35/h4-9,11-14H,3,10H2,1-2H3,(H,31,33)/b30-14+. The smallest absolute Gasteiger partial charge is 0.416 e. The summed E-state index contributed by atoms with van der Waals surface area (Å²) in [6.07, 6.45) is -2.73. The highest BCUT2D eigenvalue weighted by Crippen LogP contribution is 2.38. The monoisotopic (exact) mass is 595 g/mol. The van der Waals surface area contributed by atoms with E-state index in [4.69, 9.17) is 14.2 Å². The van der Waals surface area contributed by atoms with Gasteiger partial charge in [-0.25, -0.2) is 5.43 Å². The van der Waals surface area contributed by atoms with Crippen LogP contribution >= 0.6 is 15.9 Å². The van der Waals surface area contributed by atoms with Crippen LogP contribution in [0.3, 0.4) is 0 Å². The summed E-state index contributed by atoms with van der Waals surface area (Å²) in [4.78, 5) is 23.0. The Hall–Kier alpha value is -4.13. The number of carbonyl (C=O) groups excluding carboxylic acids is 1. The lowest BCUT2D eigenvalue weighted by atomic mass is 10.1. The lowest BCUT2D eigenvalue weighted by Gasteiger charge is -2.12. The number of nitrogens with zero attached hydrogens (tertiary/aromatic N) is 2. The second kappa shape index (κ2) is 12.4. The number of rotatable bonds is 10. The fourth-order valence-corrected chi connectivity index (χ4v) is 3.50. The van der Waals surface area contributed by atoms with Crippen molar-refractivity contribution in [3.8, 4) is 23.0 Å². The number of hydrogen-bond acceptors (Lipinski definition) is 7. The van der Waals surface area contributed by atoms with E-state index in [1.54, 1.807) is 18.2 Å². The van der Waals surface area contributed by atoms with Gasteiger partial charge in [0.2, 0.25) is 5.75 Å². The van der Waals surface area contributed by atoms with Gasteiger partial charge < -0.3 is 14.2 Å². The van der Waals surface area contributed by atoms with Gasteiger partial charge in [-0.2, -0.15) is 18.3 Å². The number of nitro benzene ring substituents is 1. The van der Waals surface area contributed by atoms with Crippen molar-refractivity contribution < 1.29 is 37.1 Å². The van der Waals surface area contributed by atoms with Gasteiger partial charge in [-0.05, 0) is 55.0 Å². The van der Waals surface area contributed by atoms with E-state index in [1.807, 2.05) is 6.92 Å². The molecule has 0 saturated carbocycles. The molecule has 13 heteroatoms. The third-order valence-electron chi connectivity index (χ3n) is 4.93. The van der Waals surface area contributed by atoms with Gasteiger partial charge in [0, 0.05) is 21.7 Å². The first-order chi connectivity index (χ1) is 18.0. The van der Waals surface area contributed by atoms with Gasteiger partial charge >= 0.3 is 11.9 Å². The molecular weight excluding hydrogens is 575 g/mol. The highest BCUT2D eigenvalue weighted by Gasteiger charge is 2.33. The zero-order valence-electron chi connectivity index (χ0n) is 20.0. The van der Waals surface area contributed by atoms with Crippen molar-refractivity contribution in [1.82, 2.24) is 5.43 Å². The molecular formula is C25H21BrF3N3O6. The second-order valence-corrected chi connectivity index (χ2v) is 8.55. The van der Waals surface area contributed by atoms with E-state index < -0.39 is 34.0 Å². The summed E-state index contributed by atoms with van der Waals surface area (Å²) in [5.74, 6) is -0.0503. The SMILES string of the molecule is CCCOc1ccc(C(=O)N/N=C/c2cc(Br)ccc2Oc2ccc(C(F)(F)F)cc2[N+](=O)[O-])cc1OC. The molecule has 1 N–H and O–H groups in total. The van der Waals surface area contributed by atoms with E-state index in [0.29, 0.717) is 34.7 Å². The van der Waals surface area contributed by atoms with Crippen LogP contribution in [-0.2, 0) is 6.18 Å². The molecule has 0 aliphatic carbocycles. The van der Waals surface area contributed by atoms with Crippen LogP contribution in [0, 0.1) is 10.1 Å². The molecule has 0 atom stereocenters. The molecule has 0 fully saturated rings. The zero-order chi connectivity index (χ0) is 27.9. The molecule has 0 heterocycles. The van der Waals surface area contributed by atoms with Crippen molar-refractivity contribution in [1.29, 1.82) is 0 Å². The van der Waals surface area contributed by atoms with Gasteiger partial charge in [0.1, 0.15) is 5.75 Å². The Morgan fingerprint density at radius 3 is 2.45 bits per heavy atom. The number of alkyl halides is 3. The predicted molar refractivity (Wildman–Crippen MR) is 136 cm³/mol. The first kappa shape index (κ1) is 28.4. The molecule has 0 radical (unpaired) electrons. The summed E-state index contributed by atoms with van der Waals surface area (Å²) in [5.41, 5.74) is 0.829. The summed E-state index contributed by atoms with van der Waals surface area (Å²) >= 11 is 3.29. The quantitative estimate of drug-likeness (QED) is 0.158. The summed E-state index contributed by atoms with van der Waals surface area (Å²) in [5, 5.41) is 15.3. The molecule has 3 aromatic carbocycles. The van der Waals surface area contributed by atoms with Crippen molar-refractivity contribution in [2.24, 2.45) is 5.10 Å². The minimum Gasteiger partial charge on any atom is -0.493 e. The van der Waals surface area contributed by atoms with Crippen LogP contribution in [0.4, 0.5) is 18.9 Å². The molecule has 0 aliphatic rings. The fourth-order valence-electron chi connectivity index (χ4n) is 3.12. The Kier molecular flexibility index (Phi) is 9.29. The van der Waals surface area contributed by atoms with Crippen LogP contribution in [0.5, 0.6) is 23.0 Å². The maximum atomic E-state index is 13.0. The largest absolute Gasteiger partial charge is 0.493 e. The number of nitrogens with one attached hydrogen (secondary N) is 1. The zero-order valence-corrected chi connectivity index (χ0v) is 21.6. The number of hydrazone groups is 1.